The topological polar surface area (TPSA) is 77.8 Å². The Morgan fingerprint density at radius 2 is 1.73 bits per heavy atom. The molecule has 1 heterocycles. The van der Waals surface area contributed by atoms with Crippen molar-refractivity contribution in [2.24, 2.45) is 0 Å². The average Bonchev–Trinajstić information content (AvgIpc) is 2.66. The van der Waals surface area contributed by atoms with Gasteiger partial charge in [-0.15, -0.1) is 0 Å². The fraction of sp³-hybridized carbons (Fsp3) is 0. The van der Waals surface area contributed by atoms with E-state index in [1.165, 1.54) is 6.20 Å². The SMILES string of the molecule is N#Cc1ccccc1Nc1ccc(C(=O)Nc2c(Cl)cccc2Cl)nc1. The van der Waals surface area contributed by atoms with Crippen LogP contribution >= 0.6 is 23.2 Å². The number of carbonyl (C=O) groups is 1. The lowest BCUT2D eigenvalue weighted by Crippen LogP contribution is -2.14. The summed E-state index contributed by atoms with van der Waals surface area (Å²) in [5, 5.41) is 15.6. The summed E-state index contributed by atoms with van der Waals surface area (Å²) in [5.41, 5.74) is 2.38. The van der Waals surface area contributed by atoms with Crippen molar-refractivity contribution in [1.82, 2.24) is 4.98 Å². The number of carbonyl (C=O) groups excluding carboxylic acids is 1. The summed E-state index contributed by atoms with van der Waals surface area (Å²) in [6.07, 6.45) is 1.51. The molecule has 0 aliphatic heterocycles. The van der Waals surface area contributed by atoms with Crippen LogP contribution in [0.5, 0.6) is 0 Å². The van der Waals surface area contributed by atoms with E-state index in [-0.39, 0.29) is 5.69 Å². The monoisotopic (exact) mass is 382 g/mol. The summed E-state index contributed by atoms with van der Waals surface area (Å²) >= 11 is 12.1. The summed E-state index contributed by atoms with van der Waals surface area (Å²) in [5.74, 6) is -0.427. The van der Waals surface area contributed by atoms with Gasteiger partial charge in [-0.25, -0.2) is 4.98 Å². The number of amides is 1. The number of pyridine rings is 1. The maximum absolute atomic E-state index is 12.3. The van der Waals surface area contributed by atoms with Crippen LogP contribution in [0.3, 0.4) is 0 Å². The second-order valence-corrected chi connectivity index (χ2v) is 6.08. The Morgan fingerprint density at radius 3 is 2.38 bits per heavy atom. The first kappa shape index (κ1) is 17.7. The smallest absolute Gasteiger partial charge is 0.274 e. The quantitative estimate of drug-likeness (QED) is 0.645. The number of hydrogen-bond donors (Lipinski definition) is 2. The molecule has 128 valence electrons. The number of nitriles is 1. The van der Waals surface area contributed by atoms with E-state index in [4.69, 9.17) is 28.5 Å². The van der Waals surface area contributed by atoms with Gasteiger partial charge in [0.1, 0.15) is 11.8 Å². The van der Waals surface area contributed by atoms with E-state index in [0.29, 0.717) is 32.7 Å². The highest BCUT2D eigenvalue weighted by Gasteiger charge is 2.12. The molecule has 0 aliphatic carbocycles. The second kappa shape index (κ2) is 7.87. The highest BCUT2D eigenvalue weighted by molar-refractivity contribution is 6.40. The van der Waals surface area contributed by atoms with Gasteiger partial charge in [0, 0.05) is 0 Å². The van der Waals surface area contributed by atoms with Crippen molar-refractivity contribution in [2.75, 3.05) is 10.6 Å². The fourth-order valence-electron chi connectivity index (χ4n) is 2.24. The molecule has 3 aromatic rings. The second-order valence-electron chi connectivity index (χ2n) is 5.27. The number of hydrogen-bond acceptors (Lipinski definition) is 4. The molecule has 0 unspecified atom stereocenters. The number of benzene rings is 2. The Bertz CT molecular complexity index is 977. The third kappa shape index (κ3) is 3.94. The van der Waals surface area contributed by atoms with Crippen molar-refractivity contribution in [2.45, 2.75) is 0 Å². The summed E-state index contributed by atoms with van der Waals surface area (Å²) in [6, 6.07) is 17.5. The Balaban J connectivity index is 1.75. The normalized spacial score (nSPS) is 10.0. The third-order valence-corrected chi connectivity index (χ3v) is 4.15. The van der Waals surface area contributed by atoms with E-state index in [2.05, 4.69) is 21.7 Å². The number of aromatic nitrogens is 1. The van der Waals surface area contributed by atoms with Crippen molar-refractivity contribution < 1.29 is 4.79 Å². The maximum atomic E-state index is 12.3. The summed E-state index contributed by atoms with van der Waals surface area (Å²) in [6.45, 7) is 0. The first-order valence-corrected chi connectivity index (χ1v) is 8.31. The third-order valence-electron chi connectivity index (χ3n) is 3.52. The molecule has 0 spiro atoms. The van der Waals surface area contributed by atoms with E-state index in [1.54, 1.807) is 48.5 Å². The summed E-state index contributed by atoms with van der Waals surface area (Å²) in [7, 11) is 0. The van der Waals surface area contributed by atoms with Gasteiger partial charge in [0.15, 0.2) is 0 Å². The molecule has 5 nitrogen and oxygen atoms in total. The van der Waals surface area contributed by atoms with Crippen LogP contribution in [0.2, 0.25) is 10.0 Å². The fourth-order valence-corrected chi connectivity index (χ4v) is 2.73. The van der Waals surface area contributed by atoms with Crippen LogP contribution in [-0.2, 0) is 0 Å². The number of nitrogens with zero attached hydrogens (tertiary/aromatic N) is 2. The zero-order valence-electron chi connectivity index (χ0n) is 13.3. The lowest BCUT2D eigenvalue weighted by molar-refractivity contribution is 0.102. The van der Waals surface area contributed by atoms with Crippen molar-refractivity contribution in [3.63, 3.8) is 0 Å². The largest absolute Gasteiger partial charge is 0.353 e. The summed E-state index contributed by atoms with van der Waals surface area (Å²) in [4.78, 5) is 16.5. The minimum atomic E-state index is -0.427. The van der Waals surface area contributed by atoms with E-state index in [0.717, 1.165) is 0 Å². The Hall–Kier alpha value is -3.07. The lowest BCUT2D eigenvalue weighted by Gasteiger charge is -2.10. The van der Waals surface area contributed by atoms with Crippen molar-refractivity contribution in [3.8, 4) is 6.07 Å². The molecule has 2 N–H and O–H groups in total. The van der Waals surface area contributed by atoms with Crippen LogP contribution < -0.4 is 10.6 Å². The Labute approximate surface area is 160 Å². The molecular weight excluding hydrogens is 371 g/mol. The molecule has 3 rings (SSSR count). The number of anilines is 3. The highest BCUT2D eigenvalue weighted by atomic mass is 35.5. The van der Waals surface area contributed by atoms with Crippen LogP contribution in [0.25, 0.3) is 0 Å². The van der Waals surface area contributed by atoms with Crippen LogP contribution in [-0.4, -0.2) is 10.9 Å². The van der Waals surface area contributed by atoms with Gasteiger partial charge in [-0.1, -0.05) is 41.4 Å². The van der Waals surface area contributed by atoms with Crippen LogP contribution in [0.15, 0.2) is 60.8 Å². The number of halogens is 2. The minimum absolute atomic E-state index is 0.208. The average molecular weight is 383 g/mol. The van der Waals surface area contributed by atoms with Gasteiger partial charge < -0.3 is 10.6 Å². The summed E-state index contributed by atoms with van der Waals surface area (Å²) < 4.78 is 0. The predicted molar refractivity (Wildman–Crippen MR) is 103 cm³/mol. The van der Waals surface area contributed by atoms with Crippen molar-refractivity contribution >= 4 is 46.2 Å². The van der Waals surface area contributed by atoms with Gasteiger partial charge in [0.2, 0.25) is 0 Å². The van der Waals surface area contributed by atoms with Crippen LogP contribution in [0, 0.1) is 11.3 Å². The van der Waals surface area contributed by atoms with E-state index in [1.807, 2.05) is 6.07 Å². The number of rotatable bonds is 4. The molecule has 1 amide bonds. The number of para-hydroxylation sites is 2. The van der Waals surface area contributed by atoms with Crippen molar-refractivity contribution in [3.05, 3.63) is 82.1 Å². The first-order chi connectivity index (χ1) is 12.6. The molecule has 1 aromatic heterocycles. The maximum Gasteiger partial charge on any atom is 0.274 e. The molecule has 0 aliphatic rings. The van der Waals surface area contributed by atoms with Gasteiger partial charge >= 0.3 is 0 Å². The zero-order chi connectivity index (χ0) is 18.5. The van der Waals surface area contributed by atoms with Gasteiger partial charge in [0.05, 0.1) is 38.9 Å². The molecule has 7 heteroatoms. The standard InChI is InChI=1S/C19H12Cl2N4O/c20-14-5-3-6-15(21)18(14)25-19(26)17-9-8-13(11-23-17)24-16-7-2-1-4-12(16)10-22/h1-9,11,24H,(H,25,26). The predicted octanol–water partition coefficient (Wildman–Crippen LogP) is 5.26. The molecular formula is C19H12Cl2N4O. The Kier molecular flexibility index (Phi) is 5.37. The highest BCUT2D eigenvalue weighted by Crippen LogP contribution is 2.30. The molecule has 0 saturated carbocycles. The molecule has 0 fully saturated rings. The first-order valence-electron chi connectivity index (χ1n) is 7.56. The van der Waals surface area contributed by atoms with E-state index in [9.17, 15) is 4.79 Å². The molecule has 0 saturated heterocycles. The molecule has 2 aromatic carbocycles. The Morgan fingerprint density at radius 1 is 1.00 bits per heavy atom. The van der Waals surface area contributed by atoms with Crippen LogP contribution in [0.1, 0.15) is 16.1 Å². The van der Waals surface area contributed by atoms with E-state index < -0.39 is 5.91 Å². The van der Waals surface area contributed by atoms with Gasteiger partial charge in [-0.05, 0) is 36.4 Å². The molecule has 0 radical (unpaired) electrons. The lowest BCUT2D eigenvalue weighted by atomic mass is 10.2. The zero-order valence-corrected chi connectivity index (χ0v) is 14.8. The van der Waals surface area contributed by atoms with Gasteiger partial charge in [0.25, 0.3) is 5.91 Å². The van der Waals surface area contributed by atoms with E-state index >= 15 is 0 Å². The van der Waals surface area contributed by atoms with Crippen molar-refractivity contribution in [1.29, 1.82) is 5.26 Å². The molecule has 0 atom stereocenters. The number of nitrogens with one attached hydrogen (secondary N) is 2. The minimum Gasteiger partial charge on any atom is -0.353 e. The molecule has 0 bridgehead atoms. The van der Waals surface area contributed by atoms with Gasteiger partial charge in [-0.3, -0.25) is 4.79 Å². The van der Waals surface area contributed by atoms with Gasteiger partial charge in [-0.2, -0.15) is 5.26 Å². The van der Waals surface area contributed by atoms with Crippen LogP contribution in [0.4, 0.5) is 17.1 Å². The molecule has 26 heavy (non-hydrogen) atoms.